The molecule has 140 valence electrons. The molecule has 5 nitrogen and oxygen atoms in total. The number of benzene rings is 3. The third-order valence-electron chi connectivity index (χ3n) is 4.32. The molecule has 27 heavy (non-hydrogen) atoms. The van der Waals surface area contributed by atoms with Gasteiger partial charge in [0, 0.05) is 6.54 Å². The summed E-state index contributed by atoms with van der Waals surface area (Å²) in [6, 6.07) is 20.8. The van der Waals surface area contributed by atoms with Gasteiger partial charge in [0.15, 0.2) is 0 Å². The number of ether oxygens (including phenoxy) is 1. The van der Waals surface area contributed by atoms with Gasteiger partial charge < -0.3 is 20.5 Å². The van der Waals surface area contributed by atoms with E-state index in [1.165, 1.54) is 0 Å². The number of hydrogen-bond donors (Lipinski definition) is 3. The lowest BCUT2D eigenvalue weighted by Crippen LogP contribution is -2.30. The number of carbonyl (C=O) groups is 1. The minimum atomic E-state index is -0.646. The van der Waals surface area contributed by atoms with E-state index in [-0.39, 0.29) is 6.03 Å². The number of hydrogen-bond acceptors (Lipinski definition) is 3. The Morgan fingerprint density at radius 1 is 1.04 bits per heavy atom. The first-order chi connectivity index (χ1) is 13.2. The Hall–Kier alpha value is -3.05. The number of aliphatic hydroxyl groups is 1. The maximum Gasteiger partial charge on any atom is 0.319 e. The first kappa shape index (κ1) is 18.7. The molecule has 0 heterocycles. The molecule has 0 aliphatic carbocycles. The van der Waals surface area contributed by atoms with Crippen molar-refractivity contribution in [2.24, 2.45) is 0 Å². The van der Waals surface area contributed by atoms with Crippen LogP contribution >= 0.6 is 0 Å². The molecular formula is C22H24N2O3. The highest BCUT2D eigenvalue weighted by Crippen LogP contribution is 2.26. The Morgan fingerprint density at radius 3 is 2.63 bits per heavy atom. The standard InChI is InChI=1S/C22H24N2O3/c1-2-27-21-13-6-5-12-19(21)24-22(26)23-15-14-20(25)18-11-7-9-16-8-3-4-10-17(16)18/h3-13,20,25H,2,14-15H2,1H3,(H2,23,24,26). The summed E-state index contributed by atoms with van der Waals surface area (Å²) in [6.45, 7) is 2.77. The van der Waals surface area contributed by atoms with E-state index < -0.39 is 6.10 Å². The molecular weight excluding hydrogens is 340 g/mol. The Balaban J connectivity index is 1.55. The Kier molecular flexibility index (Phi) is 6.28. The van der Waals surface area contributed by atoms with E-state index in [1.807, 2.05) is 67.6 Å². The number of para-hydroxylation sites is 2. The first-order valence-electron chi connectivity index (χ1n) is 9.11. The molecule has 0 spiro atoms. The molecule has 0 aromatic heterocycles. The predicted molar refractivity (Wildman–Crippen MR) is 108 cm³/mol. The van der Waals surface area contributed by atoms with Crippen LogP contribution in [-0.4, -0.2) is 24.3 Å². The van der Waals surface area contributed by atoms with Gasteiger partial charge in [0.25, 0.3) is 0 Å². The van der Waals surface area contributed by atoms with E-state index in [0.717, 1.165) is 16.3 Å². The SMILES string of the molecule is CCOc1ccccc1NC(=O)NCCC(O)c1cccc2ccccc12. The third-order valence-corrected chi connectivity index (χ3v) is 4.32. The monoisotopic (exact) mass is 364 g/mol. The summed E-state index contributed by atoms with van der Waals surface area (Å²) < 4.78 is 5.50. The van der Waals surface area contributed by atoms with E-state index in [9.17, 15) is 9.90 Å². The minimum absolute atomic E-state index is 0.327. The minimum Gasteiger partial charge on any atom is -0.492 e. The van der Waals surface area contributed by atoms with Crippen molar-refractivity contribution in [3.8, 4) is 5.75 Å². The number of nitrogens with one attached hydrogen (secondary N) is 2. The molecule has 3 N–H and O–H groups in total. The largest absolute Gasteiger partial charge is 0.492 e. The number of aliphatic hydroxyl groups excluding tert-OH is 1. The van der Waals surface area contributed by atoms with Crippen LogP contribution in [0.25, 0.3) is 10.8 Å². The molecule has 0 radical (unpaired) electrons. The molecule has 5 heteroatoms. The maximum absolute atomic E-state index is 12.1. The van der Waals surface area contributed by atoms with Crippen molar-refractivity contribution in [3.05, 3.63) is 72.3 Å². The molecule has 0 saturated carbocycles. The number of carbonyl (C=O) groups excluding carboxylic acids is 1. The van der Waals surface area contributed by atoms with Gasteiger partial charge >= 0.3 is 6.03 Å². The normalized spacial score (nSPS) is 11.8. The van der Waals surface area contributed by atoms with Crippen molar-refractivity contribution in [3.63, 3.8) is 0 Å². The van der Waals surface area contributed by atoms with Gasteiger partial charge in [-0.1, -0.05) is 54.6 Å². The fourth-order valence-corrected chi connectivity index (χ4v) is 3.04. The Morgan fingerprint density at radius 2 is 1.78 bits per heavy atom. The summed E-state index contributed by atoms with van der Waals surface area (Å²) in [4.78, 5) is 12.1. The van der Waals surface area contributed by atoms with E-state index >= 15 is 0 Å². The number of anilines is 1. The van der Waals surface area contributed by atoms with Crippen LogP contribution in [0.5, 0.6) is 5.75 Å². The summed E-state index contributed by atoms with van der Waals surface area (Å²) in [5, 5.41) is 18.2. The van der Waals surface area contributed by atoms with Crippen molar-refractivity contribution in [1.29, 1.82) is 0 Å². The predicted octanol–water partition coefficient (Wildman–Crippen LogP) is 4.48. The van der Waals surface area contributed by atoms with Gasteiger partial charge in [-0.25, -0.2) is 4.79 Å². The Labute approximate surface area is 159 Å². The zero-order chi connectivity index (χ0) is 19.1. The maximum atomic E-state index is 12.1. The molecule has 3 aromatic carbocycles. The van der Waals surface area contributed by atoms with Crippen LogP contribution in [0.15, 0.2) is 66.7 Å². The van der Waals surface area contributed by atoms with Gasteiger partial charge in [0.05, 0.1) is 18.4 Å². The van der Waals surface area contributed by atoms with Gasteiger partial charge in [-0.05, 0) is 41.8 Å². The summed E-state index contributed by atoms with van der Waals surface area (Å²) in [5.74, 6) is 0.631. The van der Waals surface area contributed by atoms with Crippen molar-refractivity contribution < 1.29 is 14.6 Å². The van der Waals surface area contributed by atoms with E-state index in [1.54, 1.807) is 6.07 Å². The van der Waals surface area contributed by atoms with Crippen LogP contribution in [0, 0.1) is 0 Å². The zero-order valence-electron chi connectivity index (χ0n) is 15.3. The molecule has 2 amide bonds. The lowest BCUT2D eigenvalue weighted by Gasteiger charge is -2.15. The number of urea groups is 1. The summed E-state index contributed by atoms with van der Waals surface area (Å²) in [7, 11) is 0. The number of fused-ring (bicyclic) bond motifs is 1. The van der Waals surface area contributed by atoms with Gasteiger partial charge in [0.1, 0.15) is 5.75 Å². The van der Waals surface area contributed by atoms with Gasteiger partial charge in [-0.15, -0.1) is 0 Å². The second kappa shape index (κ2) is 9.05. The van der Waals surface area contributed by atoms with Crippen LogP contribution in [0.2, 0.25) is 0 Å². The van der Waals surface area contributed by atoms with E-state index in [0.29, 0.717) is 31.0 Å². The summed E-state index contributed by atoms with van der Waals surface area (Å²) in [5.41, 5.74) is 1.49. The molecule has 0 aliphatic heterocycles. The topological polar surface area (TPSA) is 70.6 Å². The molecule has 0 fully saturated rings. The molecule has 3 rings (SSSR count). The van der Waals surface area contributed by atoms with Crippen molar-refractivity contribution in [1.82, 2.24) is 5.32 Å². The first-order valence-corrected chi connectivity index (χ1v) is 9.11. The second-order valence-electron chi connectivity index (χ2n) is 6.18. The highest BCUT2D eigenvalue weighted by atomic mass is 16.5. The molecule has 0 bridgehead atoms. The lowest BCUT2D eigenvalue weighted by molar-refractivity contribution is 0.169. The Bertz CT molecular complexity index is 905. The van der Waals surface area contributed by atoms with Crippen molar-refractivity contribution in [2.75, 3.05) is 18.5 Å². The third kappa shape index (κ3) is 4.77. The molecule has 1 unspecified atom stereocenters. The van der Waals surface area contributed by atoms with Crippen molar-refractivity contribution >= 4 is 22.5 Å². The van der Waals surface area contributed by atoms with Gasteiger partial charge in [-0.3, -0.25) is 0 Å². The molecule has 1 atom stereocenters. The molecule has 0 saturated heterocycles. The smallest absolute Gasteiger partial charge is 0.319 e. The van der Waals surface area contributed by atoms with Gasteiger partial charge in [0.2, 0.25) is 0 Å². The zero-order valence-corrected chi connectivity index (χ0v) is 15.3. The van der Waals surface area contributed by atoms with Crippen LogP contribution in [0.3, 0.4) is 0 Å². The summed E-state index contributed by atoms with van der Waals surface area (Å²) >= 11 is 0. The van der Waals surface area contributed by atoms with Crippen LogP contribution in [0.4, 0.5) is 10.5 Å². The highest BCUT2D eigenvalue weighted by molar-refractivity contribution is 5.91. The van der Waals surface area contributed by atoms with Crippen molar-refractivity contribution in [2.45, 2.75) is 19.4 Å². The average molecular weight is 364 g/mol. The quantitative estimate of drug-likeness (QED) is 0.579. The van der Waals surface area contributed by atoms with Gasteiger partial charge in [-0.2, -0.15) is 0 Å². The van der Waals surface area contributed by atoms with E-state index in [2.05, 4.69) is 10.6 Å². The van der Waals surface area contributed by atoms with Crippen LogP contribution in [0.1, 0.15) is 25.0 Å². The number of rotatable bonds is 7. The molecule has 0 aliphatic rings. The summed E-state index contributed by atoms with van der Waals surface area (Å²) in [6.07, 6.45) is -0.221. The van der Waals surface area contributed by atoms with Crippen LogP contribution in [-0.2, 0) is 0 Å². The van der Waals surface area contributed by atoms with Crippen LogP contribution < -0.4 is 15.4 Å². The highest BCUT2D eigenvalue weighted by Gasteiger charge is 2.12. The average Bonchev–Trinajstić information content (AvgIpc) is 2.69. The van der Waals surface area contributed by atoms with E-state index in [4.69, 9.17) is 4.74 Å². The number of amides is 2. The molecule has 3 aromatic rings. The second-order valence-corrected chi connectivity index (χ2v) is 6.18. The fourth-order valence-electron chi connectivity index (χ4n) is 3.04. The lowest BCUT2D eigenvalue weighted by atomic mass is 9.99. The fraction of sp³-hybridized carbons (Fsp3) is 0.227.